The molecule has 0 amide bonds. The van der Waals surface area contributed by atoms with Crippen molar-refractivity contribution in [3.05, 3.63) is 53.6 Å². The van der Waals surface area contributed by atoms with Crippen LogP contribution >= 0.6 is 0 Å². The molecule has 4 nitrogen and oxygen atoms in total. The van der Waals surface area contributed by atoms with Crippen LogP contribution in [0.25, 0.3) is 0 Å². The van der Waals surface area contributed by atoms with E-state index in [-0.39, 0.29) is 6.10 Å². The van der Waals surface area contributed by atoms with E-state index in [0.29, 0.717) is 31.7 Å². The predicted molar refractivity (Wildman–Crippen MR) is 83.4 cm³/mol. The van der Waals surface area contributed by atoms with E-state index in [4.69, 9.17) is 4.74 Å². The van der Waals surface area contributed by atoms with Crippen LogP contribution in [0.4, 0.5) is 13.2 Å². The van der Waals surface area contributed by atoms with Gasteiger partial charge >= 0.3 is 6.18 Å². The van der Waals surface area contributed by atoms with Crippen molar-refractivity contribution >= 4 is 0 Å². The number of hydrogen-bond acceptors (Lipinski definition) is 3. The van der Waals surface area contributed by atoms with Gasteiger partial charge in [-0.25, -0.2) is 4.98 Å². The summed E-state index contributed by atoms with van der Waals surface area (Å²) < 4.78 is 46.1. The Morgan fingerprint density at radius 1 is 1.33 bits per heavy atom. The van der Waals surface area contributed by atoms with Crippen LogP contribution in [0, 0.1) is 0 Å². The molecule has 1 fully saturated rings. The molecule has 0 bridgehead atoms. The highest BCUT2D eigenvalue weighted by atomic mass is 19.4. The number of benzene rings is 1. The number of hydrogen-bond donors (Lipinski definition) is 0. The zero-order valence-corrected chi connectivity index (χ0v) is 13.5. The zero-order valence-electron chi connectivity index (χ0n) is 13.5. The molecule has 0 radical (unpaired) electrons. The van der Waals surface area contributed by atoms with Gasteiger partial charge in [-0.15, -0.1) is 0 Å². The average molecular weight is 339 g/mol. The van der Waals surface area contributed by atoms with Gasteiger partial charge in [-0.2, -0.15) is 13.2 Å². The third-order valence-electron chi connectivity index (χ3n) is 4.23. The van der Waals surface area contributed by atoms with Crippen molar-refractivity contribution in [2.75, 3.05) is 19.7 Å². The van der Waals surface area contributed by atoms with Gasteiger partial charge in [0.05, 0.1) is 24.8 Å². The van der Waals surface area contributed by atoms with Crippen molar-refractivity contribution in [2.24, 2.45) is 7.05 Å². The lowest BCUT2D eigenvalue weighted by atomic mass is 10.0. The SMILES string of the molecule is Cn1ccnc1CN1CCO[C@@H](Cc2cccc(C(F)(F)F)c2)C1. The predicted octanol–water partition coefficient (Wildman–Crippen LogP) is 2.88. The Hall–Kier alpha value is -1.86. The summed E-state index contributed by atoms with van der Waals surface area (Å²) in [4.78, 5) is 6.54. The van der Waals surface area contributed by atoms with Crippen molar-refractivity contribution in [3.63, 3.8) is 0 Å². The summed E-state index contributed by atoms with van der Waals surface area (Å²) in [6.45, 7) is 2.77. The van der Waals surface area contributed by atoms with Gasteiger partial charge in [0.25, 0.3) is 0 Å². The minimum Gasteiger partial charge on any atom is -0.375 e. The van der Waals surface area contributed by atoms with Crippen molar-refractivity contribution in [3.8, 4) is 0 Å². The van der Waals surface area contributed by atoms with E-state index in [9.17, 15) is 13.2 Å². The maximum atomic E-state index is 12.8. The van der Waals surface area contributed by atoms with Gasteiger partial charge in [0, 0.05) is 32.5 Å². The van der Waals surface area contributed by atoms with Crippen molar-refractivity contribution < 1.29 is 17.9 Å². The summed E-state index contributed by atoms with van der Waals surface area (Å²) in [6, 6.07) is 5.47. The molecule has 1 aromatic heterocycles. The topological polar surface area (TPSA) is 30.3 Å². The van der Waals surface area contributed by atoms with E-state index in [0.717, 1.165) is 18.4 Å². The molecule has 2 aromatic rings. The average Bonchev–Trinajstić information content (AvgIpc) is 2.92. The first kappa shape index (κ1) is 17.0. The Labute approximate surface area is 138 Å². The number of ether oxygens (including phenoxy) is 1. The lowest BCUT2D eigenvalue weighted by Gasteiger charge is -2.32. The molecule has 1 aliphatic heterocycles. The molecular weight excluding hydrogens is 319 g/mol. The largest absolute Gasteiger partial charge is 0.416 e. The second kappa shape index (κ2) is 6.94. The van der Waals surface area contributed by atoms with E-state index >= 15 is 0 Å². The van der Waals surface area contributed by atoms with Crippen molar-refractivity contribution in [1.29, 1.82) is 0 Å². The van der Waals surface area contributed by atoms with Crippen molar-refractivity contribution in [1.82, 2.24) is 14.5 Å². The van der Waals surface area contributed by atoms with Gasteiger partial charge in [-0.05, 0) is 18.1 Å². The summed E-state index contributed by atoms with van der Waals surface area (Å²) >= 11 is 0. The highest BCUT2D eigenvalue weighted by Crippen LogP contribution is 2.30. The maximum Gasteiger partial charge on any atom is 0.416 e. The smallest absolute Gasteiger partial charge is 0.375 e. The van der Waals surface area contributed by atoms with E-state index in [1.807, 2.05) is 17.8 Å². The lowest BCUT2D eigenvalue weighted by Crippen LogP contribution is -2.43. The fraction of sp³-hybridized carbons (Fsp3) is 0.471. The van der Waals surface area contributed by atoms with E-state index in [1.54, 1.807) is 12.3 Å². The summed E-state index contributed by atoms with van der Waals surface area (Å²) in [7, 11) is 1.95. The molecular formula is C17H20F3N3O. The van der Waals surface area contributed by atoms with Gasteiger partial charge in [0.15, 0.2) is 0 Å². The molecule has 1 atom stereocenters. The first-order valence-corrected chi connectivity index (χ1v) is 7.88. The third kappa shape index (κ3) is 4.15. The monoisotopic (exact) mass is 339 g/mol. The maximum absolute atomic E-state index is 12.8. The second-order valence-corrected chi connectivity index (χ2v) is 6.08. The number of aryl methyl sites for hydroxylation is 1. The van der Waals surface area contributed by atoms with E-state index < -0.39 is 11.7 Å². The molecule has 130 valence electrons. The summed E-state index contributed by atoms with van der Waals surface area (Å²) in [5, 5.41) is 0. The summed E-state index contributed by atoms with van der Waals surface area (Å²) in [5.74, 6) is 0.967. The first-order valence-electron chi connectivity index (χ1n) is 7.88. The molecule has 0 aliphatic carbocycles. The number of morpholine rings is 1. The van der Waals surface area contributed by atoms with Gasteiger partial charge in [0.1, 0.15) is 5.82 Å². The van der Waals surface area contributed by atoms with E-state index in [1.165, 1.54) is 12.1 Å². The minimum atomic E-state index is -4.31. The lowest BCUT2D eigenvalue weighted by molar-refractivity contribution is -0.137. The minimum absolute atomic E-state index is 0.109. The Morgan fingerprint density at radius 3 is 2.88 bits per heavy atom. The Morgan fingerprint density at radius 2 is 2.17 bits per heavy atom. The van der Waals surface area contributed by atoms with Gasteiger partial charge < -0.3 is 9.30 Å². The van der Waals surface area contributed by atoms with Crippen LogP contribution in [-0.4, -0.2) is 40.3 Å². The van der Waals surface area contributed by atoms with Crippen molar-refractivity contribution in [2.45, 2.75) is 25.2 Å². The van der Waals surface area contributed by atoms with Crippen LogP contribution in [-0.2, 0) is 30.9 Å². The Kier molecular flexibility index (Phi) is 4.91. The molecule has 0 unspecified atom stereocenters. The molecule has 1 saturated heterocycles. The molecule has 24 heavy (non-hydrogen) atoms. The number of imidazole rings is 1. The number of rotatable bonds is 4. The number of aromatic nitrogens is 2. The van der Waals surface area contributed by atoms with E-state index in [2.05, 4.69) is 9.88 Å². The summed E-state index contributed by atoms with van der Waals surface area (Å²) in [5.41, 5.74) is 0.0364. The fourth-order valence-corrected chi connectivity index (χ4v) is 2.93. The van der Waals surface area contributed by atoms with Crippen LogP contribution in [0.5, 0.6) is 0 Å². The Balaban J connectivity index is 1.62. The normalized spacial score (nSPS) is 19.6. The standard InChI is InChI=1S/C17H20F3N3O/c1-22-6-5-21-16(22)12-23-7-8-24-15(11-23)10-13-3-2-4-14(9-13)17(18,19)20/h2-6,9,15H,7-8,10-12H2,1H3/t15-/m0/s1. The quantitative estimate of drug-likeness (QED) is 0.858. The molecule has 7 heteroatoms. The van der Waals surface area contributed by atoms with Crippen LogP contribution in [0.2, 0.25) is 0 Å². The number of nitrogens with zero attached hydrogens (tertiary/aromatic N) is 3. The molecule has 3 rings (SSSR count). The zero-order chi connectivity index (χ0) is 17.2. The molecule has 1 aliphatic rings. The van der Waals surface area contributed by atoms with Crippen LogP contribution < -0.4 is 0 Å². The van der Waals surface area contributed by atoms with Crippen LogP contribution in [0.15, 0.2) is 36.7 Å². The second-order valence-electron chi connectivity index (χ2n) is 6.08. The van der Waals surface area contributed by atoms with Gasteiger partial charge in [0.2, 0.25) is 0 Å². The Bertz CT molecular complexity index is 684. The van der Waals surface area contributed by atoms with Crippen LogP contribution in [0.1, 0.15) is 17.0 Å². The third-order valence-corrected chi connectivity index (χ3v) is 4.23. The number of halogens is 3. The summed E-state index contributed by atoms with van der Waals surface area (Å²) in [6.07, 6.45) is -0.289. The molecule has 2 heterocycles. The highest BCUT2D eigenvalue weighted by Gasteiger charge is 2.30. The number of alkyl halides is 3. The molecule has 0 N–H and O–H groups in total. The first-order chi connectivity index (χ1) is 11.4. The molecule has 0 spiro atoms. The van der Waals surface area contributed by atoms with Crippen LogP contribution in [0.3, 0.4) is 0 Å². The fourth-order valence-electron chi connectivity index (χ4n) is 2.93. The van der Waals surface area contributed by atoms with Gasteiger partial charge in [-0.3, -0.25) is 4.90 Å². The highest BCUT2D eigenvalue weighted by molar-refractivity contribution is 5.26. The molecule has 0 saturated carbocycles. The molecule has 1 aromatic carbocycles. The van der Waals surface area contributed by atoms with Gasteiger partial charge in [-0.1, -0.05) is 18.2 Å².